The topological polar surface area (TPSA) is 316 Å². The Morgan fingerprint density at radius 3 is 1.75 bits per heavy atom. The van der Waals surface area contributed by atoms with Crippen LogP contribution in [0.1, 0.15) is 59.4 Å². The van der Waals surface area contributed by atoms with Crippen LogP contribution in [-0.2, 0) is 49.6 Å². The zero-order valence-electron chi connectivity index (χ0n) is 30.8. The van der Waals surface area contributed by atoms with Crippen molar-refractivity contribution < 1.29 is 43.2 Å². The first-order valence-corrected chi connectivity index (χ1v) is 17.2. The fourth-order valence-electron chi connectivity index (χ4n) is 4.89. The Bertz CT molecular complexity index is 1460. The van der Waals surface area contributed by atoms with Gasteiger partial charge in [-0.25, -0.2) is 0 Å². The molecule has 0 aliphatic rings. The molecule has 0 saturated heterocycles. The third kappa shape index (κ3) is 17.5. The molecule has 1 aromatic rings. The molecule has 0 heterocycles. The zero-order valence-corrected chi connectivity index (χ0v) is 30.8. The summed E-state index contributed by atoms with van der Waals surface area (Å²) >= 11 is 0. The molecule has 0 fully saturated rings. The van der Waals surface area contributed by atoms with E-state index in [4.69, 9.17) is 17.2 Å². The van der Waals surface area contributed by atoms with Gasteiger partial charge in [-0.1, -0.05) is 64.4 Å². The summed E-state index contributed by atoms with van der Waals surface area (Å²) in [5.41, 5.74) is 16.3. The van der Waals surface area contributed by atoms with Crippen LogP contribution in [0.4, 0.5) is 0 Å². The smallest absolute Gasteiger partial charge is 0.243 e. The second kappa shape index (κ2) is 23.1. The van der Waals surface area contributed by atoms with Crippen molar-refractivity contribution >= 4 is 53.2 Å². The minimum absolute atomic E-state index is 0.0142. The quantitative estimate of drug-likeness (QED) is 0.0523. The first kappa shape index (κ1) is 45.4. The van der Waals surface area contributed by atoms with Crippen molar-refractivity contribution in [1.82, 2.24) is 37.2 Å². The molecule has 0 radical (unpaired) electrons. The number of nitrogens with one attached hydrogen (secondary N) is 7. The van der Waals surface area contributed by atoms with E-state index in [1.165, 1.54) is 6.92 Å². The van der Waals surface area contributed by atoms with Gasteiger partial charge in [0.2, 0.25) is 53.2 Å². The lowest BCUT2D eigenvalue weighted by molar-refractivity contribution is -0.135. The van der Waals surface area contributed by atoms with Crippen molar-refractivity contribution in [1.29, 1.82) is 0 Å². The van der Waals surface area contributed by atoms with Crippen LogP contribution in [0.15, 0.2) is 30.3 Å². The van der Waals surface area contributed by atoms with Gasteiger partial charge in [-0.15, -0.1) is 0 Å². The van der Waals surface area contributed by atoms with Gasteiger partial charge in [-0.2, -0.15) is 0 Å². The molecule has 0 aliphatic heterocycles. The predicted molar refractivity (Wildman–Crippen MR) is 192 cm³/mol. The molecule has 294 valence electrons. The van der Waals surface area contributed by atoms with Crippen molar-refractivity contribution in [3.05, 3.63) is 35.9 Å². The van der Waals surface area contributed by atoms with Gasteiger partial charge in [0.25, 0.3) is 0 Å². The lowest BCUT2D eigenvalue weighted by Crippen LogP contribution is -2.59. The van der Waals surface area contributed by atoms with E-state index < -0.39 is 115 Å². The molecule has 6 atom stereocenters. The number of carbonyl (C=O) groups excluding carboxylic acids is 9. The highest BCUT2D eigenvalue weighted by Crippen LogP contribution is 2.11. The Labute approximate surface area is 308 Å². The van der Waals surface area contributed by atoms with Crippen molar-refractivity contribution in [2.45, 2.75) is 90.5 Å². The van der Waals surface area contributed by atoms with Crippen LogP contribution in [0.2, 0.25) is 0 Å². The van der Waals surface area contributed by atoms with Crippen LogP contribution in [0.3, 0.4) is 0 Å². The Balaban J connectivity index is 2.99. The highest BCUT2D eigenvalue weighted by atomic mass is 16.2. The third-order valence-electron chi connectivity index (χ3n) is 7.92. The maximum absolute atomic E-state index is 13.4. The molecule has 53 heavy (non-hydrogen) atoms. The summed E-state index contributed by atoms with van der Waals surface area (Å²) in [7, 11) is 0. The van der Waals surface area contributed by atoms with Crippen LogP contribution >= 0.6 is 0 Å². The lowest BCUT2D eigenvalue weighted by Gasteiger charge is -2.28. The molecule has 19 heteroatoms. The molecular weight excluding hydrogens is 692 g/mol. The summed E-state index contributed by atoms with van der Waals surface area (Å²) < 4.78 is 0. The number of benzene rings is 1. The van der Waals surface area contributed by atoms with E-state index in [1.54, 1.807) is 44.2 Å². The van der Waals surface area contributed by atoms with Crippen LogP contribution in [-0.4, -0.2) is 103 Å². The Hall–Kier alpha value is -5.59. The normalized spacial score (nSPS) is 14.2. The molecule has 0 aromatic heterocycles. The van der Waals surface area contributed by atoms with E-state index in [0.29, 0.717) is 12.0 Å². The van der Waals surface area contributed by atoms with Gasteiger partial charge in [-0.3, -0.25) is 43.2 Å². The van der Waals surface area contributed by atoms with Gasteiger partial charge < -0.3 is 54.4 Å². The average Bonchev–Trinajstić information content (AvgIpc) is 3.10. The largest absolute Gasteiger partial charge is 0.370 e. The Morgan fingerprint density at radius 2 is 1.21 bits per heavy atom. The van der Waals surface area contributed by atoms with Gasteiger partial charge in [-0.05, 0) is 30.7 Å². The maximum Gasteiger partial charge on any atom is 0.243 e. The standard InChI is InChI=1S/C34H54N10O9/c1-6-19(4)29(34(53)43-22(12-18(2)3)31(50)38-16-26(37)46)44-30(49)20(5)40-28(48)17-39-32(51)23(13-21-10-8-7-9-11-21)42-33(52)24(14-25(36)45)41-27(47)15-35/h7-11,18-20,22-24,29H,6,12-17,35H2,1-5H3,(H2,36,45)(H2,37,46)(H,38,50)(H,39,51)(H,40,48)(H,41,47)(H,42,52)(H,43,53)(H,44,49)/t19-,20-,22-,23-,24-,29-/m0/s1. The molecule has 0 saturated carbocycles. The average molecular weight is 747 g/mol. The van der Waals surface area contributed by atoms with Gasteiger partial charge in [0.15, 0.2) is 0 Å². The number of rotatable bonds is 23. The number of hydrogen-bond acceptors (Lipinski definition) is 10. The summed E-state index contributed by atoms with van der Waals surface area (Å²) in [4.78, 5) is 113. The van der Waals surface area contributed by atoms with Crippen LogP contribution in [0.5, 0.6) is 0 Å². The van der Waals surface area contributed by atoms with Gasteiger partial charge in [0.05, 0.1) is 26.1 Å². The molecule has 13 N–H and O–H groups in total. The van der Waals surface area contributed by atoms with E-state index in [1.807, 2.05) is 13.8 Å². The molecule has 0 spiro atoms. The number of carbonyl (C=O) groups is 9. The van der Waals surface area contributed by atoms with Crippen molar-refractivity contribution in [3.8, 4) is 0 Å². The third-order valence-corrected chi connectivity index (χ3v) is 7.92. The minimum atomic E-state index is -1.42. The second-order valence-corrected chi connectivity index (χ2v) is 13.0. The van der Waals surface area contributed by atoms with E-state index in [9.17, 15) is 43.2 Å². The molecule has 0 aliphatic carbocycles. The second-order valence-electron chi connectivity index (χ2n) is 13.0. The fourth-order valence-corrected chi connectivity index (χ4v) is 4.89. The van der Waals surface area contributed by atoms with Crippen LogP contribution in [0, 0.1) is 11.8 Å². The molecule has 0 unspecified atom stereocenters. The van der Waals surface area contributed by atoms with Crippen molar-refractivity contribution in [2.75, 3.05) is 19.6 Å². The number of primary amides is 2. The SMILES string of the molecule is CC[C@H](C)[C@H](NC(=O)[C@H](C)NC(=O)CNC(=O)[C@H](Cc1ccccc1)NC(=O)[C@H](CC(N)=O)NC(=O)CN)C(=O)N[C@@H](CC(C)C)C(=O)NCC(N)=O. The summed E-state index contributed by atoms with van der Waals surface area (Å²) in [6, 6.07) is 2.61. The number of hydrogen-bond donors (Lipinski definition) is 10. The van der Waals surface area contributed by atoms with Gasteiger partial charge >= 0.3 is 0 Å². The molecule has 9 amide bonds. The van der Waals surface area contributed by atoms with Crippen LogP contribution < -0.4 is 54.4 Å². The van der Waals surface area contributed by atoms with E-state index in [-0.39, 0.29) is 18.8 Å². The maximum atomic E-state index is 13.4. The molecular formula is C34H54N10O9. The zero-order chi connectivity index (χ0) is 40.2. The highest BCUT2D eigenvalue weighted by Gasteiger charge is 2.32. The molecule has 1 rings (SSSR count). The Morgan fingerprint density at radius 1 is 0.623 bits per heavy atom. The summed E-state index contributed by atoms with van der Waals surface area (Å²) in [6.45, 7) is 7.08. The first-order chi connectivity index (χ1) is 24.9. The molecule has 1 aromatic carbocycles. The summed E-state index contributed by atoms with van der Waals surface area (Å²) in [5, 5.41) is 17.2. The summed E-state index contributed by atoms with van der Waals surface area (Å²) in [5.74, 6) is -7.23. The number of nitrogens with two attached hydrogens (primary N) is 3. The van der Waals surface area contributed by atoms with Crippen molar-refractivity contribution in [2.24, 2.45) is 29.0 Å². The fraction of sp³-hybridized carbons (Fsp3) is 0.559. The van der Waals surface area contributed by atoms with Crippen molar-refractivity contribution in [3.63, 3.8) is 0 Å². The van der Waals surface area contributed by atoms with E-state index in [2.05, 4.69) is 37.2 Å². The number of amides is 9. The Kier molecular flexibility index (Phi) is 19.8. The lowest BCUT2D eigenvalue weighted by atomic mass is 9.96. The van der Waals surface area contributed by atoms with E-state index in [0.717, 1.165) is 0 Å². The minimum Gasteiger partial charge on any atom is -0.370 e. The monoisotopic (exact) mass is 746 g/mol. The van der Waals surface area contributed by atoms with Crippen LogP contribution in [0.25, 0.3) is 0 Å². The van der Waals surface area contributed by atoms with E-state index >= 15 is 0 Å². The van der Waals surface area contributed by atoms with Gasteiger partial charge in [0, 0.05) is 6.42 Å². The predicted octanol–water partition coefficient (Wildman–Crippen LogP) is -3.68. The molecule has 0 bridgehead atoms. The van der Waals surface area contributed by atoms with Gasteiger partial charge in [0.1, 0.15) is 30.2 Å². The summed E-state index contributed by atoms with van der Waals surface area (Å²) in [6.07, 6.45) is 0.114. The first-order valence-electron chi connectivity index (χ1n) is 17.2. The highest BCUT2D eigenvalue weighted by molar-refractivity contribution is 5.97. The molecule has 19 nitrogen and oxygen atoms in total.